The molecule has 1 aromatic heterocycles. The number of allylic oxidation sites excluding steroid dienone is 2. The highest BCUT2D eigenvalue weighted by atomic mass is 19.2. The molecule has 0 bridgehead atoms. The van der Waals surface area contributed by atoms with Crippen LogP contribution in [0.3, 0.4) is 0 Å². The van der Waals surface area contributed by atoms with Crippen molar-refractivity contribution in [1.82, 2.24) is 4.48 Å². The van der Waals surface area contributed by atoms with E-state index < -0.39 is 7.40 Å². The Balaban J connectivity index is 1.63. The smallest absolute Gasteiger partial charge is 0.497 e. The number of ether oxygens (including phenoxy) is 5. The lowest BCUT2D eigenvalue weighted by atomic mass is 9.89. The maximum Gasteiger partial charge on any atom is 0.678 e. The Labute approximate surface area is 313 Å². The van der Waals surface area contributed by atoms with Crippen LogP contribution < -0.4 is 23.7 Å². The van der Waals surface area contributed by atoms with E-state index in [1.807, 2.05) is 103 Å². The standard InChI is InChI=1S/C44H37BF2N2O5/c1-50-32-18-10-28(11-19-32)37-26-39(30-14-22-34(52-3)23-15-30)48-43(37)42(36-8-6-7-9-41(36)54-5)44-38(29-12-20-33(51-2)21-13-29)27-40(49(44)45(46)47)31-16-24-35(53-4)25-17-31/h6-27H,1-5H3/b43-42-. The van der Waals surface area contributed by atoms with Gasteiger partial charge in [-0.15, -0.1) is 0 Å². The summed E-state index contributed by atoms with van der Waals surface area (Å²) in [7, 11) is 5.00. The van der Waals surface area contributed by atoms with Crippen LogP contribution in [0, 0.1) is 0 Å². The van der Waals surface area contributed by atoms with Crippen molar-refractivity contribution < 1.29 is 32.3 Å². The number of benzene rings is 5. The van der Waals surface area contributed by atoms with Gasteiger partial charge in [-0.1, -0.05) is 42.5 Å². The summed E-state index contributed by atoms with van der Waals surface area (Å²) in [4.78, 5) is 5.29. The van der Waals surface area contributed by atoms with E-state index in [0.717, 1.165) is 21.2 Å². The second-order valence-electron chi connectivity index (χ2n) is 12.3. The van der Waals surface area contributed by atoms with E-state index in [9.17, 15) is 0 Å². The van der Waals surface area contributed by atoms with E-state index in [1.165, 1.54) is 0 Å². The van der Waals surface area contributed by atoms with Crippen LogP contribution in [0.2, 0.25) is 0 Å². The van der Waals surface area contributed by atoms with Crippen LogP contribution in [-0.2, 0) is 0 Å². The number of nitrogens with zero attached hydrogens (tertiary/aromatic N) is 2. The first-order valence-corrected chi connectivity index (χ1v) is 17.2. The largest absolute Gasteiger partial charge is 0.678 e. The van der Waals surface area contributed by atoms with Crippen molar-refractivity contribution in [3.05, 3.63) is 162 Å². The fourth-order valence-electron chi connectivity index (χ4n) is 6.68. The van der Waals surface area contributed by atoms with Crippen molar-refractivity contribution in [1.29, 1.82) is 0 Å². The molecule has 10 heteroatoms. The molecule has 0 fully saturated rings. The molecule has 0 amide bonds. The Hall–Kier alpha value is -6.55. The molecular weight excluding hydrogens is 685 g/mol. The van der Waals surface area contributed by atoms with Crippen molar-refractivity contribution in [2.45, 2.75) is 0 Å². The van der Waals surface area contributed by atoms with Crippen molar-refractivity contribution in [3.63, 3.8) is 0 Å². The Bertz CT molecular complexity index is 2370. The highest BCUT2D eigenvalue weighted by Gasteiger charge is 2.34. The lowest BCUT2D eigenvalue weighted by molar-refractivity contribution is 0.413. The number of hydrogen-bond donors (Lipinski definition) is 0. The molecule has 0 radical (unpaired) electrons. The maximum atomic E-state index is 16.0. The predicted molar refractivity (Wildman–Crippen MR) is 211 cm³/mol. The van der Waals surface area contributed by atoms with E-state index in [0.29, 0.717) is 73.7 Å². The first-order valence-electron chi connectivity index (χ1n) is 17.2. The third-order valence-electron chi connectivity index (χ3n) is 9.42. The maximum absolute atomic E-state index is 16.0. The molecule has 0 spiro atoms. The molecule has 0 unspecified atom stereocenters. The quantitative estimate of drug-likeness (QED) is 0.118. The van der Waals surface area contributed by atoms with E-state index in [1.54, 1.807) is 65.9 Å². The predicted octanol–water partition coefficient (Wildman–Crippen LogP) is 9.98. The Morgan fingerprint density at radius 3 is 1.54 bits per heavy atom. The molecule has 54 heavy (non-hydrogen) atoms. The van der Waals surface area contributed by atoms with Crippen molar-refractivity contribution in [2.75, 3.05) is 35.5 Å². The van der Waals surface area contributed by atoms with Crippen LogP contribution in [0.1, 0.15) is 22.4 Å². The van der Waals surface area contributed by atoms with Crippen LogP contribution in [0.4, 0.5) is 8.63 Å². The minimum absolute atomic E-state index is 0.264. The summed E-state index contributed by atoms with van der Waals surface area (Å²) in [5.41, 5.74) is 7.02. The molecule has 0 saturated heterocycles. The van der Waals surface area contributed by atoms with Gasteiger partial charge in [0, 0.05) is 33.5 Å². The Morgan fingerprint density at radius 1 is 0.556 bits per heavy atom. The minimum Gasteiger partial charge on any atom is -0.497 e. The van der Waals surface area contributed by atoms with Crippen molar-refractivity contribution in [2.24, 2.45) is 4.99 Å². The van der Waals surface area contributed by atoms with Crippen LogP contribution in [0.25, 0.3) is 33.5 Å². The minimum atomic E-state index is -2.95. The summed E-state index contributed by atoms with van der Waals surface area (Å²) < 4.78 is 60.8. The van der Waals surface area contributed by atoms with E-state index in [2.05, 4.69) is 0 Å². The summed E-state index contributed by atoms with van der Waals surface area (Å²) in [5.74, 6) is 3.13. The molecule has 0 atom stereocenters. The third-order valence-corrected chi connectivity index (χ3v) is 9.42. The fourth-order valence-corrected chi connectivity index (χ4v) is 6.68. The van der Waals surface area contributed by atoms with Gasteiger partial charge in [-0.25, -0.2) is 4.99 Å². The van der Waals surface area contributed by atoms with Crippen LogP contribution in [0.5, 0.6) is 28.7 Å². The summed E-state index contributed by atoms with van der Waals surface area (Å²) >= 11 is 0. The summed E-state index contributed by atoms with van der Waals surface area (Å²) in [6.07, 6.45) is 1.99. The average Bonchev–Trinajstić information content (AvgIpc) is 3.85. The molecule has 0 saturated carbocycles. The zero-order chi connectivity index (χ0) is 37.8. The second kappa shape index (κ2) is 15.6. The van der Waals surface area contributed by atoms with Crippen LogP contribution in [0.15, 0.2) is 144 Å². The van der Waals surface area contributed by atoms with E-state index in [-0.39, 0.29) is 5.69 Å². The van der Waals surface area contributed by atoms with Crippen LogP contribution in [-0.4, -0.2) is 53.1 Å². The fraction of sp³-hybridized carbons (Fsp3) is 0.114. The second-order valence-corrected chi connectivity index (χ2v) is 12.3. The molecule has 1 aliphatic rings. The number of methoxy groups -OCH3 is 5. The zero-order valence-corrected chi connectivity index (χ0v) is 30.5. The normalized spacial score (nSPS) is 13.2. The van der Waals surface area contributed by atoms with Crippen LogP contribution >= 0.6 is 0 Å². The highest BCUT2D eigenvalue weighted by Crippen LogP contribution is 2.47. The first-order chi connectivity index (χ1) is 26.4. The summed E-state index contributed by atoms with van der Waals surface area (Å²) in [6, 6.07) is 38.9. The average molecular weight is 723 g/mol. The van der Waals surface area contributed by atoms with Gasteiger partial charge in [0.25, 0.3) is 0 Å². The van der Waals surface area contributed by atoms with Crippen molar-refractivity contribution in [3.8, 4) is 51.1 Å². The highest BCUT2D eigenvalue weighted by molar-refractivity contribution is 6.42. The number of halogens is 2. The number of aliphatic imine (C=N–C) groups is 1. The van der Waals surface area contributed by atoms with E-state index >= 15 is 8.63 Å². The molecule has 0 aliphatic carbocycles. The molecule has 7 rings (SSSR count). The molecule has 270 valence electrons. The third kappa shape index (κ3) is 6.86. The first kappa shape index (κ1) is 35.8. The van der Waals surface area contributed by atoms with Gasteiger partial charge in [0.2, 0.25) is 0 Å². The topological polar surface area (TPSA) is 63.4 Å². The summed E-state index contributed by atoms with van der Waals surface area (Å²) in [6.45, 7) is 0. The molecule has 2 heterocycles. The lowest BCUT2D eigenvalue weighted by Gasteiger charge is -2.21. The molecule has 7 nitrogen and oxygen atoms in total. The molecular formula is C44H37BF2N2O5. The number of rotatable bonds is 12. The van der Waals surface area contributed by atoms with E-state index in [4.69, 9.17) is 28.7 Å². The van der Waals surface area contributed by atoms with Crippen molar-refractivity contribution >= 4 is 24.3 Å². The monoisotopic (exact) mass is 722 g/mol. The Morgan fingerprint density at radius 2 is 1.04 bits per heavy atom. The molecule has 6 aromatic rings. The summed E-state index contributed by atoms with van der Waals surface area (Å²) in [5, 5.41) is 0. The number of aromatic nitrogens is 1. The van der Waals surface area contributed by atoms with Gasteiger partial charge in [0.1, 0.15) is 28.7 Å². The molecule has 5 aromatic carbocycles. The van der Waals surface area contributed by atoms with Gasteiger partial charge in [-0.2, -0.15) is 0 Å². The van der Waals surface area contributed by atoms with Gasteiger partial charge in [0.05, 0.1) is 52.7 Å². The molecule has 0 N–H and O–H groups in total. The van der Waals surface area contributed by atoms with Gasteiger partial charge in [-0.05, 0) is 108 Å². The Kier molecular flexibility index (Phi) is 10.3. The molecule has 1 aliphatic heterocycles. The van der Waals surface area contributed by atoms with Gasteiger partial charge < -0.3 is 28.2 Å². The number of para-hydroxylation sites is 1. The SMILES string of the molecule is COc1ccc(C2=CC(c3ccc(OC)cc3)=N/C2=C(/c2ccccc2OC)c2c(-c3ccc(OC)cc3)cc(-c3ccc(OC)cc3)n2B(F)F)cc1. The lowest BCUT2D eigenvalue weighted by Crippen LogP contribution is -2.18. The number of hydrogen-bond acceptors (Lipinski definition) is 6. The van der Waals surface area contributed by atoms with Gasteiger partial charge in [-0.3, -0.25) is 8.63 Å². The van der Waals surface area contributed by atoms with Gasteiger partial charge >= 0.3 is 7.40 Å². The zero-order valence-electron chi connectivity index (χ0n) is 30.5. The van der Waals surface area contributed by atoms with Gasteiger partial charge in [0.15, 0.2) is 0 Å².